The predicted octanol–water partition coefficient (Wildman–Crippen LogP) is 27.2. The molecule has 0 saturated carbocycles. The highest BCUT2D eigenvalue weighted by molar-refractivity contribution is 5.96. The van der Waals surface area contributed by atoms with Gasteiger partial charge in [0, 0.05) is 123 Å². The van der Waals surface area contributed by atoms with Gasteiger partial charge in [-0.3, -0.25) is 9.59 Å². The molecule has 11 aromatic carbocycles. The molecular weight excluding hydrogens is 1470 g/mol. The van der Waals surface area contributed by atoms with Gasteiger partial charge in [-0.05, 0) is 222 Å². The van der Waals surface area contributed by atoms with Crippen molar-refractivity contribution >= 4 is 66.1 Å². The van der Waals surface area contributed by atoms with Crippen molar-refractivity contribution in [3.8, 4) is 11.4 Å². The summed E-state index contributed by atoms with van der Waals surface area (Å²) in [5, 5.41) is 5.04. The Bertz CT molecular complexity index is 6030. The molecule has 16 rings (SSSR count). The molecule has 0 amide bonds. The Labute approximate surface area is 651 Å². The highest BCUT2D eigenvalue weighted by Gasteiger charge is 2.38. The number of fused-ring (bicyclic) bond motifs is 5. The number of hydrogen-bond acceptors (Lipinski definition) is 2. The molecule has 0 bridgehead atoms. The summed E-state index contributed by atoms with van der Waals surface area (Å²) in [6.07, 6.45) is -6.43. The number of carbonyl (C=O) groups is 2. The fourth-order valence-electron chi connectivity index (χ4n) is 14.9. The highest BCUT2D eigenvalue weighted by atomic mass is 19.4. The van der Waals surface area contributed by atoms with Crippen LogP contribution in [0, 0.1) is 27.7 Å². The molecule has 5 heterocycles. The van der Waals surface area contributed by atoms with Gasteiger partial charge in [0.2, 0.25) is 0 Å². The van der Waals surface area contributed by atoms with Crippen molar-refractivity contribution in [1.29, 1.82) is 0 Å². The fraction of sp³-hybridized carbons (Fsp3) is 0.179. The van der Waals surface area contributed by atoms with E-state index in [0.29, 0.717) is 68.5 Å². The van der Waals surface area contributed by atoms with Crippen LogP contribution in [0.1, 0.15) is 149 Å². The number of Topliss-reactive ketones (excluding diaryl/α,β-unsaturated/α-hetero) is 2. The molecule has 5 aromatic heterocycles. The Morgan fingerprint density at radius 2 is 0.754 bits per heavy atom. The first kappa shape index (κ1) is 81.1. The van der Waals surface area contributed by atoms with Gasteiger partial charge in [-0.1, -0.05) is 153 Å². The number of rotatable bonds is 14. The van der Waals surface area contributed by atoms with Crippen LogP contribution in [0.5, 0.6) is 0 Å². The number of aryl methyl sites for hydroxylation is 4. The summed E-state index contributed by atoms with van der Waals surface area (Å²) in [5.41, 5.74) is 13.0. The predicted molar refractivity (Wildman–Crippen MR) is 431 cm³/mol. The van der Waals surface area contributed by atoms with Crippen LogP contribution in [0.15, 0.2) is 280 Å². The van der Waals surface area contributed by atoms with Gasteiger partial charge in [0.15, 0.2) is 11.6 Å². The van der Waals surface area contributed by atoms with Gasteiger partial charge in [-0.15, -0.1) is 0 Å². The average Bonchev–Trinajstić information content (AvgIpc) is 1.54. The van der Waals surface area contributed by atoms with Crippen molar-refractivity contribution < 1.29 is 62.3 Å². The lowest BCUT2D eigenvalue weighted by atomic mass is 9.83. The number of H-pyrrole nitrogens is 3. The Hall–Kier alpha value is -12.4. The van der Waals surface area contributed by atoms with Crippen LogP contribution in [0.25, 0.3) is 65.9 Å². The van der Waals surface area contributed by atoms with Crippen molar-refractivity contribution in [3.63, 3.8) is 0 Å². The standard InChI is InChI=1S/C26H22F3NO.C25H20F3NO.C19H18F3N.C17H14F3N.C8H7N/c1-3-25(31)18-11-13-20(14-12-18)30-16-19(21-8-4-5-10-24(21)30)15-22-17(2)7-6-9-23(22)26(27,28)29;1-16-6-5-8-23(25(26,27)28)22(16)14-19-15-29(24-9-4-3-7-21(19)24)20-12-10-18(11-13-20)17(2)30;1-3-13(15-11-23-17-10-5-4-8-14(15)17)18-12(2)7-6-9-16(18)19(20,21)22;1-11-5-4-7-15(17(18,19)20)14(11)9-12-10-21-16-8-3-2-6-13(12)16;1-2-4-8-7(3-1)5-6-9-8/h4-14,16H,3,15H2,1-2H3;3-13,15H,14H2,1-2H3;4-11,13,23H,3H2,1-2H3;2-8,10,21H,9H2,1H3;1-6,9H. The second kappa shape index (κ2) is 34.3. The van der Waals surface area contributed by atoms with E-state index < -0.39 is 47.0 Å². The molecule has 0 radical (unpaired) electrons. The monoisotopic (exact) mass is 1550 g/mol. The molecule has 114 heavy (non-hydrogen) atoms. The molecule has 0 aliphatic carbocycles. The maximum Gasteiger partial charge on any atom is 0.416 e. The topological polar surface area (TPSA) is 91.4 Å². The largest absolute Gasteiger partial charge is 0.416 e. The van der Waals surface area contributed by atoms with Crippen LogP contribution in [-0.2, 0) is 44.0 Å². The zero-order valence-corrected chi connectivity index (χ0v) is 63.4. The van der Waals surface area contributed by atoms with Crippen LogP contribution in [0.3, 0.4) is 0 Å². The molecule has 1 atom stereocenters. The lowest BCUT2D eigenvalue weighted by Crippen LogP contribution is -2.14. The molecule has 3 N–H and O–H groups in total. The van der Waals surface area contributed by atoms with E-state index >= 15 is 0 Å². The van der Waals surface area contributed by atoms with E-state index in [0.717, 1.165) is 95.4 Å². The van der Waals surface area contributed by atoms with Gasteiger partial charge >= 0.3 is 24.7 Å². The number of nitrogens with zero attached hydrogens (tertiary/aromatic N) is 2. The molecule has 0 fully saturated rings. The molecule has 0 aliphatic heterocycles. The number of halogens is 12. The summed E-state index contributed by atoms with van der Waals surface area (Å²) < 4.78 is 165. The SMILES string of the molecule is CC(=O)c1ccc(-n2cc(Cc3c(C)cccc3C(F)(F)F)c3ccccc32)cc1.CCC(=O)c1ccc(-n2cc(Cc3c(C)cccc3C(F)(F)F)c3ccccc32)cc1.CCC(c1c(C)cccc1C(F)(F)F)c1c[nH]c2ccccc12.Cc1cccc(C(F)(F)F)c1Cc1c[nH]c2ccccc12.c1ccc2[nH]ccc2c1. The number of aromatic nitrogens is 5. The third kappa shape index (κ3) is 18.2. The van der Waals surface area contributed by atoms with Crippen molar-refractivity contribution in [1.82, 2.24) is 24.1 Å². The van der Waals surface area contributed by atoms with Gasteiger partial charge in [-0.25, -0.2) is 0 Å². The number of alkyl halides is 12. The summed E-state index contributed by atoms with van der Waals surface area (Å²) in [7, 11) is 0. The zero-order valence-electron chi connectivity index (χ0n) is 63.4. The Morgan fingerprint density at radius 1 is 0.368 bits per heavy atom. The number of carbonyl (C=O) groups excluding carboxylic acids is 2. The van der Waals surface area contributed by atoms with Crippen LogP contribution in [0.4, 0.5) is 52.7 Å². The van der Waals surface area contributed by atoms with Crippen molar-refractivity contribution in [2.24, 2.45) is 0 Å². The lowest BCUT2D eigenvalue weighted by molar-refractivity contribution is -0.139. The van der Waals surface area contributed by atoms with Crippen LogP contribution >= 0.6 is 0 Å². The number of ketones is 2. The first-order valence-electron chi connectivity index (χ1n) is 37.1. The third-order valence-corrected chi connectivity index (χ3v) is 20.7. The first-order valence-corrected chi connectivity index (χ1v) is 37.1. The lowest BCUT2D eigenvalue weighted by Gasteiger charge is -2.23. The normalized spacial score (nSPS) is 12.0. The minimum atomic E-state index is -4.40. The molecule has 7 nitrogen and oxygen atoms in total. The van der Waals surface area contributed by atoms with Crippen molar-refractivity contribution in [2.75, 3.05) is 0 Å². The fourth-order valence-corrected chi connectivity index (χ4v) is 14.9. The Morgan fingerprint density at radius 3 is 1.20 bits per heavy atom. The van der Waals surface area contributed by atoms with E-state index in [4.69, 9.17) is 0 Å². The van der Waals surface area contributed by atoms with E-state index in [9.17, 15) is 62.3 Å². The third-order valence-electron chi connectivity index (χ3n) is 20.7. The molecule has 0 spiro atoms. The summed E-state index contributed by atoms with van der Waals surface area (Å²) in [6.45, 7) is 12.2. The van der Waals surface area contributed by atoms with E-state index in [1.807, 2.05) is 181 Å². The second-order valence-electron chi connectivity index (χ2n) is 28.0. The average molecular weight is 1550 g/mol. The maximum absolute atomic E-state index is 13.6. The number of aromatic amines is 3. The van der Waals surface area contributed by atoms with Gasteiger partial charge in [0.25, 0.3) is 0 Å². The Kier molecular flexibility index (Phi) is 24.4. The summed E-state index contributed by atoms with van der Waals surface area (Å²) >= 11 is 0. The van der Waals surface area contributed by atoms with Gasteiger partial charge in [0.05, 0.1) is 33.3 Å². The number of benzene rings is 11. The smallest absolute Gasteiger partial charge is 0.361 e. The molecule has 1 unspecified atom stereocenters. The second-order valence-corrected chi connectivity index (χ2v) is 28.0. The van der Waals surface area contributed by atoms with E-state index in [-0.39, 0.29) is 36.7 Å². The van der Waals surface area contributed by atoms with Crippen LogP contribution < -0.4 is 0 Å². The highest BCUT2D eigenvalue weighted by Crippen LogP contribution is 2.44. The Balaban J connectivity index is 0.000000137. The number of nitrogens with one attached hydrogen (secondary N) is 3. The van der Waals surface area contributed by atoms with Gasteiger partial charge in [0.1, 0.15) is 0 Å². The number of para-hydroxylation sites is 5. The molecule has 0 saturated heterocycles. The first-order chi connectivity index (χ1) is 54.4. The van der Waals surface area contributed by atoms with E-state index in [2.05, 4.69) is 33.2 Å². The summed E-state index contributed by atoms with van der Waals surface area (Å²) in [4.78, 5) is 32.9. The quantitative estimate of drug-likeness (QED) is 0.0748. The van der Waals surface area contributed by atoms with Gasteiger partial charge in [-0.2, -0.15) is 52.7 Å². The van der Waals surface area contributed by atoms with Crippen LogP contribution in [-0.4, -0.2) is 35.7 Å². The van der Waals surface area contributed by atoms with E-state index in [1.54, 1.807) is 82.4 Å². The van der Waals surface area contributed by atoms with Crippen molar-refractivity contribution in [2.45, 2.75) is 111 Å². The molecule has 582 valence electrons. The van der Waals surface area contributed by atoms with E-state index in [1.165, 1.54) is 48.2 Å². The maximum atomic E-state index is 13.6. The van der Waals surface area contributed by atoms with Crippen LogP contribution in [0.2, 0.25) is 0 Å². The molecular formula is C95H81F12N5O2. The minimum absolute atomic E-state index is 0.0150. The number of hydrogen-bond donors (Lipinski definition) is 3. The molecule has 19 heteroatoms. The minimum Gasteiger partial charge on any atom is -0.361 e. The molecule has 0 aliphatic rings. The van der Waals surface area contributed by atoms with Crippen molar-refractivity contribution in [3.05, 3.63) is 380 Å². The zero-order chi connectivity index (χ0) is 81.4. The van der Waals surface area contributed by atoms with Gasteiger partial charge < -0.3 is 24.1 Å². The summed E-state index contributed by atoms with van der Waals surface area (Å²) in [6, 6.07) is 72.9. The summed E-state index contributed by atoms with van der Waals surface area (Å²) in [5.74, 6) is -0.230. The molecule has 16 aromatic rings.